The van der Waals surface area contributed by atoms with Crippen LogP contribution < -0.4 is 15.4 Å². The molecule has 1 heterocycles. The number of rotatable bonds is 4. The predicted molar refractivity (Wildman–Crippen MR) is 87.1 cm³/mol. The zero-order valence-electron chi connectivity index (χ0n) is 13.1. The fourth-order valence-corrected chi connectivity index (χ4v) is 2.44. The van der Waals surface area contributed by atoms with Gasteiger partial charge in [0.25, 0.3) is 5.91 Å². The summed E-state index contributed by atoms with van der Waals surface area (Å²) in [4.78, 5) is 24.1. The molecular formula is C18H17FN2O3. The Hall–Kier alpha value is -2.89. The highest BCUT2D eigenvalue weighted by Crippen LogP contribution is 2.30. The molecule has 0 aromatic heterocycles. The SMILES string of the molecule is Cc1ccc2c(c1)NC(=O)[C@H](CC(=O)NCc1ccc(F)cc1)O2. The summed E-state index contributed by atoms with van der Waals surface area (Å²) in [5.74, 6) is -0.428. The molecule has 0 radical (unpaired) electrons. The first-order valence-electron chi connectivity index (χ1n) is 7.60. The van der Waals surface area contributed by atoms with Crippen molar-refractivity contribution in [1.29, 1.82) is 0 Å². The number of benzene rings is 2. The number of hydrogen-bond donors (Lipinski definition) is 2. The van der Waals surface area contributed by atoms with E-state index in [4.69, 9.17) is 4.74 Å². The van der Waals surface area contributed by atoms with E-state index < -0.39 is 6.10 Å². The van der Waals surface area contributed by atoms with E-state index in [0.717, 1.165) is 11.1 Å². The highest BCUT2D eigenvalue weighted by atomic mass is 19.1. The van der Waals surface area contributed by atoms with E-state index in [2.05, 4.69) is 10.6 Å². The number of nitrogens with one attached hydrogen (secondary N) is 2. The van der Waals surface area contributed by atoms with Crippen molar-refractivity contribution in [2.24, 2.45) is 0 Å². The van der Waals surface area contributed by atoms with Crippen LogP contribution in [0.3, 0.4) is 0 Å². The van der Waals surface area contributed by atoms with Crippen LogP contribution in [0.1, 0.15) is 17.5 Å². The Morgan fingerprint density at radius 2 is 2.00 bits per heavy atom. The molecular weight excluding hydrogens is 311 g/mol. The minimum Gasteiger partial charge on any atom is -0.478 e. The summed E-state index contributed by atoms with van der Waals surface area (Å²) in [6.07, 6.45) is -0.950. The lowest BCUT2D eigenvalue weighted by atomic mass is 10.1. The summed E-state index contributed by atoms with van der Waals surface area (Å²) in [5.41, 5.74) is 2.40. The van der Waals surface area contributed by atoms with E-state index >= 15 is 0 Å². The molecule has 0 saturated heterocycles. The molecule has 2 amide bonds. The molecule has 3 rings (SSSR count). The van der Waals surface area contributed by atoms with Crippen molar-refractivity contribution in [3.8, 4) is 5.75 Å². The Kier molecular flexibility index (Phi) is 4.46. The molecule has 5 nitrogen and oxygen atoms in total. The van der Waals surface area contributed by atoms with Crippen molar-refractivity contribution >= 4 is 17.5 Å². The normalized spacial score (nSPS) is 15.9. The first-order valence-corrected chi connectivity index (χ1v) is 7.60. The minimum atomic E-state index is -0.867. The molecule has 0 saturated carbocycles. The Labute approximate surface area is 138 Å². The van der Waals surface area contributed by atoms with Crippen molar-refractivity contribution in [3.63, 3.8) is 0 Å². The lowest BCUT2D eigenvalue weighted by molar-refractivity contribution is -0.130. The Morgan fingerprint density at radius 3 is 2.75 bits per heavy atom. The van der Waals surface area contributed by atoms with Crippen molar-refractivity contribution < 1.29 is 18.7 Å². The van der Waals surface area contributed by atoms with Crippen LogP contribution in [-0.4, -0.2) is 17.9 Å². The maximum absolute atomic E-state index is 12.8. The van der Waals surface area contributed by atoms with Crippen molar-refractivity contribution in [2.45, 2.75) is 26.0 Å². The summed E-state index contributed by atoms with van der Waals surface area (Å²) < 4.78 is 18.5. The fourth-order valence-electron chi connectivity index (χ4n) is 2.44. The van der Waals surface area contributed by atoms with Crippen LogP contribution in [0, 0.1) is 12.7 Å². The molecule has 2 N–H and O–H groups in total. The Bertz CT molecular complexity index is 774. The van der Waals surface area contributed by atoms with Crippen molar-refractivity contribution in [3.05, 3.63) is 59.4 Å². The topological polar surface area (TPSA) is 67.4 Å². The number of ether oxygens (including phenoxy) is 1. The van der Waals surface area contributed by atoms with Crippen molar-refractivity contribution in [2.75, 3.05) is 5.32 Å². The van der Waals surface area contributed by atoms with Gasteiger partial charge in [-0.25, -0.2) is 4.39 Å². The molecule has 0 fully saturated rings. The summed E-state index contributed by atoms with van der Waals surface area (Å²) >= 11 is 0. The number of hydrogen-bond acceptors (Lipinski definition) is 3. The number of amides is 2. The standard InChI is InChI=1S/C18H17FN2O3/c1-11-2-7-15-14(8-11)21-18(23)16(24-15)9-17(22)20-10-12-3-5-13(19)6-4-12/h2-8,16H,9-10H2,1H3,(H,20,22)(H,21,23)/t16-/m0/s1. The highest BCUT2D eigenvalue weighted by Gasteiger charge is 2.29. The third-order valence-electron chi connectivity index (χ3n) is 3.73. The van der Waals surface area contributed by atoms with Gasteiger partial charge in [-0.15, -0.1) is 0 Å². The van der Waals surface area contributed by atoms with Crippen LogP contribution in [0.25, 0.3) is 0 Å². The van der Waals surface area contributed by atoms with E-state index in [9.17, 15) is 14.0 Å². The lowest BCUT2D eigenvalue weighted by Crippen LogP contribution is -2.40. The van der Waals surface area contributed by atoms with E-state index in [-0.39, 0.29) is 30.6 Å². The number of aryl methyl sites for hydroxylation is 1. The zero-order chi connectivity index (χ0) is 17.1. The number of carbonyl (C=O) groups excluding carboxylic acids is 2. The highest BCUT2D eigenvalue weighted by molar-refractivity contribution is 6.00. The first-order chi connectivity index (χ1) is 11.5. The Balaban J connectivity index is 1.57. The largest absolute Gasteiger partial charge is 0.478 e. The van der Waals surface area contributed by atoms with Gasteiger partial charge in [0, 0.05) is 6.54 Å². The molecule has 1 aliphatic rings. The van der Waals surface area contributed by atoms with Gasteiger partial charge in [-0.05, 0) is 42.3 Å². The average Bonchev–Trinajstić information content (AvgIpc) is 2.55. The number of carbonyl (C=O) groups is 2. The molecule has 124 valence electrons. The number of anilines is 1. The summed E-state index contributed by atoms with van der Waals surface area (Å²) in [7, 11) is 0. The van der Waals surface area contributed by atoms with Crippen LogP contribution in [-0.2, 0) is 16.1 Å². The maximum atomic E-state index is 12.8. The summed E-state index contributed by atoms with van der Waals surface area (Å²) in [6.45, 7) is 2.19. The van der Waals surface area contributed by atoms with Gasteiger partial charge >= 0.3 is 0 Å². The van der Waals surface area contributed by atoms with Gasteiger partial charge in [0.1, 0.15) is 11.6 Å². The predicted octanol–water partition coefficient (Wildman–Crippen LogP) is 2.54. The van der Waals surface area contributed by atoms with Crippen LogP contribution >= 0.6 is 0 Å². The van der Waals surface area contributed by atoms with E-state index in [0.29, 0.717) is 11.4 Å². The van der Waals surface area contributed by atoms with E-state index in [1.54, 1.807) is 18.2 Å². The quantitative estimate of drug-likeness (QED) is 0.906. The van der Waals surface area contributed by atoms with Gasteiger partial charge in [-0.3, -0.25) is 9.59 Å². The zero-order valence-corrected chi connectivity index (χ0v) is 13.1. The monoisotopic (exact) mass is 328 g/mol. The number of halogens is 1. The summed E-state index contributed by atoms with van der Waals surface area (Å²) in [6, 6.07) is 11.3. The fraction of sp³-hybridized carbons (Fsp3) is 0.222. The van der Waals surface area contributed by atoms with Crippen LogP contribution in [0.15, 0.2) is 42.5 Å². The molecule has 0 unspecified atom stereocenters. The van der Waals surface area contributed by atoms with Gasteiger partial charge in [0.15, 0.2) is 6.10 Å². The lowest BCUT2D eigenvalue weighted by Gasteiger charge is -2.25. The van der Waals surface area contributed by atoms with E-state index in [1.165, 1.54) is 12.1 Å². The number of fused-ring (bicyclic) bond motifs is 1. The van der Waals surface area contributed by atoms with Crippen LogP contribution in [0.5, 0.6) is 5.75 Å². The summed E-state index contributed by atoms with van der Waals surface area (Å²) in [5, 5.41) is 5.45. The average molecular weight is 328 g/mol. The van der Waals surface area contributed by atoms with Crippen molar-refractivity contribution in [1.82, 2.24) is 5.32 Å². The third kappa shape index (κ3) is 3.71. The van der Waals surface area contributed by atoms with Gasteiger partial charge in [-0.1, -0.05) is 18.2 Å². The molecule has 6 heteroatoms. The second kappa shape index (κ2) is 6.70. The molecule has 0 bridgehead atoms. The van der Waals surface area contributed by atoms with Crippen LogP contribution in [0.4, 0.5) is 10.1 Å². The van der Waals surface area contributed by atoms with E-state index in [1.807, 2.05) is 19.1 Å². The van der Waals surface area contributed by atoms with Crippen LogP contribution in [0.2, 0.25) is 0 Å². The molecule has 24 heavy (non-hydrogen) atoms. The molecule has 2 aromatic carbocycles. The van der Waals surface area contributed by atoms with Gasteiger partial charge < -0.3 is 15.4 Å². The minimum absolute atomic E-state index is 0.0830. The van der Waals surface area contributed by atoms with Gasteiger partial charge in [0.2, 0.25) is 5.91 Å². The van der Waals surface area contributed by atoms with Gasteiger partial charge in [-0.2, -0.15) is 0 Å². The van der Waals surface area contributed by atoms with Gasteiger partial charge in [0.05, 0.1) is 12.1 Å². The molecule has 1 atom stereocenters. The second-order valence-electron chi connectivity index (χ2n) is 5.70. The molecule has 2 aromatic rings. The maximum Gasteiger partial charge on any atom is 0.266 e. The molecule has 0 aliphatic carbocycles. The first kappa shape index (κ1) is 16.0. The molecule has 0 spiro atoms. The molecule has 1 aliphatic heterocycles. The Morgan fingerprint density at radius 1 is 1.25 bits per heavy atom. The third-order valence-corrected chi connectivity index (χ3v) is 3.73. The smallest absolute Gasteiger partial charge is 0.266 e. The second-order valence-corrected chi connectivity index (χ2v) is 5.70.